The molecule has 1 aromatic rings. The monoisotopic (exact) mass is 299 g/mol. The fourth-order valence-electron chi connectivity index (χ4n) is 1.68. The molecule has 20 heavy (non-hydrogen) atoms. The van der Waals surface area contributed by atoms with Crippen molar-refractivity contribution < 1.29 is 9.47 Å². The molecule has 0 spiro atoms. The number of halogens is 1. The number of ether oxygens (including phenoxy) is 2. The van der Waals surface area contributed by atoms with E-state index in [1.807, 2.05) is 18.2 Å². The zero-order valence-electron chi connectivity index (χ0n) is 12.9. The van der Waals surface area contributed by atoms with Crippen LogP contribution in [0.1, 0.15) is 33.3 Å². The Balaban J connectivity index is 2.49. The quantitative estimate of drug-likeness (QED) is 0.702. The Labute approximate surface area is 127 Å². The highest BCUT2D eigenvalue weighted by atomic mass is 35.5. The largest absolute Gasteiger partial charge is 0.491 e. The van der Waals surface area contributed by atoms with E-state index in [0.717, 1.165) is 22.9 Å². The summed E-state index contributed by atoms with van der Waals surface area (Å²) in [6.07, 6.45) is 0. The third-order valence-corrected chi connectivity index (χ3v) is 3.05. The van der Waals surface area contributed by atoms with Crippen molar-refractivity contribution in [2.24, 2.45) is 5.92 Å². The van der Waals surface area contributed by atoms with Crippen LogP contribution >= 0.6 is 11.6 Å². The van der Waals surface area contributed by atoms with Gasteiger partial charge >= 0.3 is 0 Å². The normalized spacial score (nSPS) is 11.3. The molecule has 0 unspecified atom stereocenters. The van der Waals surface area contributed by atoms with E-state index >= 15 is 0 Å². The maximum atomic E-state index is 6.24. The van der Waals surface area contributed by atoms with Gasteiger partial charge in [0.15, 0.2) is 0 Å². The molecule has 1 N–H and O–H groups in total. The first-order chi connectivity index (χ1) is 9.50. The molecule has 0 aliphatic rings. The lowest BCUT2D eigenvalue weighted by Crippen LogP contribution is -2.22. The summed E-state index contributed by atoms with van der Waals surface area (Å²) < 4.78 is 11.3. The van der Waals surface area contributed by atoms with Crippen LogP contribution in [0, 0.1) is 5.92 Å². The van der Waals surface area contributed by atoms with E-state index in [4.69, 9.17) is 21.1 Å². The molecular formula is C16H26ClNO2. The molecule has 0 heterocycles. The second kappa shape index (κ2) is 9.22. The van der Waals surface area contributed by atoms with Crippen molar-refractivity contribution >= 4 is 11.6 Å². The molecule has 0 fully saturated rings. The molecule has 114 valence electrons. The van der Waals surface area contributed by atoms with Crippen LogP contribution in [-0.4, -0.2) is 25.9 Å². The second-order valence-electron chi connectivity index (χ2n) is 5.57. The molecule has 0 aliphatic heterocycles. The van der Waals surface area contributed by atoms with Gasteiger partial charge in [-0.15, -0.1) is 0 Å². The highest BCUT2D eigenvalue weighted by molar-refractivity contribution is 6.31. The fourth-order valence-corrected chi connectivity index (χ4v) is 1.91. The predicted octanol–water partition coefficient (Wildman–Crippen LogP) is 3.89. The first kappa shape index (κ1) is 17.3. The van der Waals surface area contributed by atoms with E-state index < -0.39 is 0 Å². The van der Waals surface area contributed by atoms with E-state index in [-0.39, 0.29) is 0 Å². The van der Waals surface area contributed by atoms with Gasteiger partial charge in [-0.1, -0.05) is 45.4 Å². The minimum absolute atomic E-state index is 0.411. The van der Waals surface area contributed by atoms with Crippen LogP contribution in [0.5, 0.6) is 5.75 Å². The van der Waals surface area contributed by atoms with Gasteiger partial charge in [-0.25, -0.2) is 0 Å². The Kier molecular flexibility index (Phi) is 7.97. The van der Waals surface area contributed by atoms with Crippen molar-refractivity contribution in [1.82, 2.24) is 5.32 Å². The zero-order valence-corrected chi connectivity index (χ0v) is 13.7. The lowest BCUT2D eigenvalue weighted by molar-refractivity contribution is 0.0816. The van der Waals surface area contributed by atoms with Crippen molar-refractivity contribution in [1.29, 1.82) is 0 Å². The van der Waals surface area contributed by atoms with Crippen molar-refractivity contribution in [3.8, 4) is 5.75 Å². The Hall–Kier alpha value is -0.770. The third kappa shape index (κ3) is 6.60. The van der Waals surface area contributed by atoms with E-state index in [9.17, 15) is 0 Å². The molecule has 0 radical (unpaired) electrons. The van der Waals surface area contributed by atoms with Crippen LogP contribution in [-0.2, 0) is 11.3 Å². The maximum absolute atomic E-state index is 6.24. The first-order valence-electron chi connectivity index (χ1n) is 7.22. The molecule has 0 amide bonds. The Morgan fingerprint density at radius 3 is 2.55 bits per heavy atom. The SMILES string of the molecule is CC(C)COCCOc1cccc(Cl)c1CNC(C)C. The topological polar surface area (TPSA) is 30.5 Å². The molecule has 1 aromatic carbocycles. The standard InChI is InChI=1S/C16H26ClNO2/c1-12(2)11-19-8-9-20-16-7-5-6-15(17)14(16)10-18-13(3)4/h5-7,12-13,18H,8-11H2,1-4H3. The summed E-state index contributed by atoms with van der Waals surface area (Å²) in [7, 11) is 0. The highest BCUT2D eigenvalue weighted by Crippen LogP contribution is 2.26. The summed E-state index contributed by atoms with van der Waals surface area (Å²) in [4.78, 5) is 0. The molecule has 0 bridgehead atoms. The van der Waals surface area contributed by atoms with E-state index in [2.05, 4.69) is 33.0 Å². The maximum Gasteiger partial charge on any atom is 0.125 e. The van der Waals surface area contributed by atoms with E-state index in [1.54, 1.807) is 0 Å². The van der Waals surface area contributed by atoms with Gasteiger partial charge in [0, 0.05) is 29.8 Å². The smallest absolute Gasteiger partial charge is 0.125 e. The van der Waals surface area contributed by atoms with Crippen LogP contribution in [0.4, 0.5) is 0 Å². The van der Waals surface area contributed by atoms with Gasteiger partial charge in [0.2, 0.25) is 0 Å². The van der Waals surface area contributed by atoms with E-state index in [1.165, 1.54) is 0 Å². The third-order valence-electron chi connectivity index (χ3n) is 2.70. The minimum atomic E-state index is 0.411. The Morgan fingerprint density at radius 2 is 1.90 bits per heavy atom. The molecule has 4 heteroatoms. The fraction of sp³-hybridized carbons (Fsp3) is 0.625. The number of rotatable bonds is 9. The van der Waals surface area contributed by atoms with Gasteiger partial charge < -0.3 is 14.8 Å². The summed E-state index contributed by atoms with van der Waals surface area (Å²) in [5.41, 5.74) is 1.01. The van der Waals surface area contributed by atoms with Gasteiger partial charge in [-0.05, 0) is 18.1 Å². The Bertz CT molecular complexity index is 394. The van der Waals surface area contributed by atoms with Crippen molar-refractivity contribution in [2.75, 3.05) is 19.8 Å². The van der Waals surface area contributed by atoms with Crippen molar-refractivity contribution in [2.45, 2.75) is 40.3 Å². The first-order valence-corrected chi connectivity index (χ1v) is 7.59. The molecule has 3 nitrogen and oxygen atoms in total. The van der Waals surface area contributed by atoms with Crippen LogP contribution in [0.3, 0.4) is 0 Å². The average Bonchev–Trinajstić information content (AvgIpc) is 2.36. The summed E-state index contributed by atoms with van der Waals surface area (Å²) in [6, 6.07) is 6.16. The zero-order chi connectivity index (χ0) is 15.0. The number of nitrogens with one attached hydrogen (secondary N) is 1. The number of hydrogen-bond acceptors (Lipinski definition) is 3. The molecular weight excluding hydrogens is 274 g/mol. The van der Waals surface area contributed by atoms with Gasteiger partial charge in [0.05, 0.1) is 6.61 Å². The second-order valence-corrected chi connectivity index (χ2v) is 5.98. The number of hydrogen-bond donors (Lipinski definition) is 1. The lowest BCUT2D eigenvalue weighted by Gasteiger charge is -2.15. The summed E-state index contributed by atoms with van der Waals surface area (Å²) in [6.45, 7) is 11.1. The highest BCUT2D eigenvalue weighted by Gasteiger charge is 2.08. The van der Waals surface area contributed by atoms with Crippen LogP contribution in [0.25, 0.3) is 0 Å². The summed E-state index contributed by atoms with van der Waals surface area (Å²) in [5.74, 6) is 1.38. The number of benzene rings is 1. The van der Waals surface area contributed by atoms with Gasteiger partial charge in [-0.3, -0.25) is 0 Å². The van der Waals surface area contributed by atoms with Crippen LogP contribution in [0.2, 0.25) is 5.02 Å². The summed E-state index contributed by atoms with van der Waals surface area (Å²) >= 11 is 6.24. The van der Waals surface area contributed by atoms with Crippen molar-refractivity contribution in [3.63, 3.8) is 0 Å². The van der Waals surface area contributed by atoms with Crippen LogP contribution < -0.4 is 10.1 Å². The van der Waals surface area contributed by atoms with Crippen LogP contribution in [0.15, 0.2) is 18.2 Å². The molecule has 0 aromatic heterocycles. The van der Waals surface area contributed by atoms with E-state index in [0.29, 0.717) is 31.7 Å². The summed E-state index contributed by atoms with van der Waals surface area (Å²) in [5, 5.41) is 4.10. The van der Waals surface area contributed by atoms with Gasteiger partial charge in [0.1, 0.15) is 12.4 Å². The molecule has 1 rings (SSSR count). The molecule has 0 saturated carbocycles. The molecule has 0 aliphatic carbocycles. The Morgan fingerprint density at radius 1 is 1.15 bits per heavy atom. The lowest BCUT2D eigenvalue weighted by atomic mass is 10.2. The van der Waals surface area contributed by atoms with Crippen molar-refractivity contribution in [3.05, 3.63) is 28.8 Å². The molecule has 0 saturated heterocycles. The van der Waals surface area contributed by atoms with Gasteiger partial charge in [-0.2, -0.15) is 0 Å². The average molecular weight is 300 g/mol. The predicted molar refractivity (Wildman–Crippen MR) is 84.6 cm³/mol. The molecule has 0 atom stereocenters. The van der Waals surface area contributed by atoms with Gasteiger partial charge in [0.25, 0.3) is 0 Å². The minimum Gasteiger partial charge on any atom is -0.491 e.